The highest BCUT2D eigenvalue weighted by Gasteiger charge is 2.35. The molecule has 0 bridgehead atoms. The fourth-order valence-electron chi connectivity index (χ4n) is 1.68. The lowest BCUT2D eigenvalue weighted by Gasteiger charge is -2.13. The van der Waals surface area contributed by atoms with Gasteiger partial charge in [0.25, 0.3) is 0 Å². The number of anilines is 3. The van der Waals surface area contributed by atoms with E-state index in [1.54, 1.807) is 13.0 Å². The van der Waals surface area contributed by atoms with Crippen LogP contribution in [0.1, 0.15) is 11.4 Å². The molecule has 1 heterocycles. The summed E-state index contributed by atoms with van der Waals surface area (Å²) in [7, 11) is 1.43. The fraction of sp³-hybridized carbons (Fsp3) is 0.231. The van der Waals surface area contributed by atoms with Gasteiger partial charge in [0.1, 0.15) is 17.5 Å². The first-order valence-electron chi connectivity index (χ1n) is 5.97. The largest absolute Gasteiger partial charge is 0.451 e. The maximum absolute atomic E-state index is 13.7. The molecule has 0 spiro atoms. The zero-order chi connectivity index (χ0) is 15.6. The molecule has 0 unspecified atom stereocenters. The molecule has 2 aromatic rings. The van der Waals surface area contributed by atoms with Gasteiger partial charge in [-0.3, -0.25) is 0 Å². The third-order valence-electron chi connectivity index (χ3n) is 2.71. The van der Waals surface area contributed by atoms with Crippen molar-refractivity contribution in [1.82, 2.24) is 9.97 Å². The summed E-state index contributed by atoms with van der Waals surface area (Å²) in [5.74, 6) is -2.04. The monoisotopic (exact) mass is 300 g/mol. The summed E-state index contributed by atoms with van der Waals surface area (Å²) in [5, 5.41) is 5.07. The van der Waals surface area contributed by atoms with E-state index in [1.165, 1.54) is 25.2 Å². The minimum Gasteiger partial charge on any atom is -0.373 e. The third kappa shape index (κ3) is 3.39. The first kappa shape index (κ1) is 15.0. The van der Waals surface area contributed by atoms with Gasteiger partial charge in [0.2, 0.25) is 5.82 Å². The highest BCUT2D eigenvalue weighted by atomic mass is 19.4. The van der Waals surface area contributed by atoms with Crippen LogP contribution in [0.5, 0.6) is 0 Å². The molecule has 0 atom stereocenters. The molecule has 4 nitrogen and oxygen atoms in total. The molecule has 0 fully saturated rings. The summed E-state index contributed by atoms with van der Waals surface area (Å²) in [5.41, 5.74) is 0.625. The summed E-state index contributed by atoms with van der Waals surface area (Å²) >= 11 is 0. The lowest BCUT2D eigenvalue weighted by atomic mass is 10.2. The number of nitrogens with zero attached hydrogens (tertiary/aromatic N) is 2. The molecular formula is C13H12F4N4. The van der Waals surface area contributed by atoms with Gasteiger partial charge in [-0.15, -0.1) is 0 Å². The molecular weight excluding hydrogens is 288 g/mol. The first-order valence-corrected chi connectivity index (χ1v) is 5.97. The molecule has 1 aromatic carbocycles. The van der Waals surface area contributed by atoms with Crippen LogP contribution in [0, 0.1) is 12.7 Å². The Morgan fingerprint density at radius 3 is 2.33 bits per heavy atom. The number of alkyl halides is 3. The molecule has 0 amide bonds. The van der Waals surface area contributed by atoms with E-state index >= 15 is 0 Å². The van der Waals surface area contributed by atoms with Gasteiger partial charge in [0.05, 0.1) is 5.69 Å². The average Bonchev–Trinajstić information content (AvgIpc) is 2.42. The molecule has 0 aliphatic heterocycles. The molecule has 8 heteroatoms. The molecule has 2 N–H and O–H groups in total. The van der Waals surface area contributed by atoms with E-state index in [-0.39, 0.29) is 17.3 Å². The van der Waals surface area contributed by atoms with Crippen molar-refractivity contribution in [1.29, 1.82) is 0 Å². The smallest absolute Gasteiger partial charge is 0.373 e. The van der Waals surface area contributed by atoms with Gasteiger partial charge in [-0.1, -0.05) is 12.1 Å². The Hall–Kier alpha value is -2.38. The van der Waals surface area contributed by atoms with Crippen molar-refractivity contribution < 1.29 is 17.6 Å². The van der Waals surface area contributed by atoms with Crippen LogP contribution >= 0.6 is 0 Å². The van der Waals surface area contributed by atoms with E-state index in [2.05, 4.69) is 20.6 Å². The van der Waals surface area contributed by atoms with Gasteiger partial charge in [0, 0.05) is 13.1 Å². The Balaban J connectivity index is 2.45. The number of nitrogens with one attached hydrogen (secondary N) is 2. The Labute approximate surface area is 118 Å². The molecule has 0 saturated heterocycles. The molecule has 21 heavy (non-hydrogen) atoms. The van der Waals surface area contributed by atoms with Crippen LogP contribution in [0.3, 0.4) is 0 Å². The van der Waals surface area contributed by atoms with E-state index in [0.717, 1.165) is 0 Å². The summed E-state index contributed by atoms with van der Waals surface area (Å²) in [6.45, 7) is 1.64. The van der Waals surface area contributed by atoms with Crippen LogP contribution in [0.2, 0.25) is 0 Å². The molecule has 0 saturated carbocycles. The Morgan fingerprint density at radius 1 is 1.10 bits per heavy atom. The number of aromatic nitrogens is 2. The zero-order valence-electron chi connectivity index (χ0n) is 11.2. The van der Waals surface area contributed by atoms with Crippen molar-refractivity contribution >= 4 is 17.3 Å². The highest BCUT2D eigenvalue weighted by molar-refractivity contribution is 5.63. The number of para-hydroxylation sites is 1. The Bertz CT molecular complexity index is 635. The zero-order valence-corrected chi connectivity index (χ0v) is 11.2. The number of hydrogen-bond donors (Lipinski definition) is 2. The van der Waals surface area contributed by atoms with E-state index < -0.39 is 17.8 Å². The highest BCUT2D eigenvalue weighted by Crippen LogP contribution is 2.30. The number of aryl methyl sites for hydroxylation is 1. The molecule has 1 aromatic heterocycles. The van der Waals surface area contributed by atoms with Gasteiger partial charge >= 0.3 is 6.18 Å². The SMILES string of the molecule is CNc1cc(Nc2c(C)cccc2F)nc(C(F)(F)F)n1. The molecule has 0 radical (unpaired) electrons. The van der Waals surface area contributed by atoms with Crippen LogP contribution in [0.15, 0.2) is 24.3 Å². The van der Waals surface area contributed by atoms with Crippen LogP contribution in [0.25, 0.3) is 0 Å². The van der Waals surface area contributed by atoms with Gasteiger partial charge in [-0.2, -0.15) is 13.2 Å². The number of hydrogen-bond acceptors (Lipinski definition) is 4. The van der Waals surface area contributed by atoms with Crippen molar-refractivity contribution in [3.63, 3.8) is 0 Å². The lowest BCUT2D eigenvalue weighted by molar-refractivity contribution is -0.144. The van der Waals surface area contributed by atoms with Crippen molar-refractivity contribution in [2.24, 2.45) is 0 Å². The van der Waals surface area contributed by atoms with Crippen molar-refractivity contribution in [3.05, 3.63) is 41.5 Å². The standard InChI is InChI=1S/C13H12F4N4/c1-7-4-3-5-8(14)11(7)19-10-6-9(18-2)20-12(21-10)13(15,16)17/h3-6H,1-2H3,(H2,18,19,20,21). The topological polar surface area (TPSA) is 49.8 Å². The van der Waals surface area contributed by atoms with E-state index in [9.17, 15) is 17.6 Å². The van der Waals surface area contributed by atoms with Gasteiger partial charge in [-0.05, 0) is 18.6 Å². The minimum atomic E-state index is -4.69. The Kier molecular flexibility index (Phi) is 3.97. The van der Waals surface area contributed by atoms with Gasteiger partial charge in [0.15, 0.2) is 0 Å². The number of rotatable bonds is 3. The van der Waals surface area contributed by atoms with Crippen LogP contribution in [-0.4, -0.2) is 17.0 Å². The maximum atomic E-state index is 13.7. The van der Waals surface area contributed by atoms with Crippen molar-refractivity contribution in [2.75, 3.05) is 17.7 Å². The maximum Gasteiger partial charge on any atom is 0.451 e. The molecule has 2 rings (SSSR count). The second-order valence-corrected chi connectivity index (χ2v) is 4.27. The minimum absolute atomic E-state index is 0.0196. The third-order valence-corrected chi connectivity index (χ3v) is 2.71. The van der Waals surface area contributed by atoms with Crippen LogP contribution in [0.4, 0.5) is 34.9 Å². The quantitative estimate of drug-likeness (QED) is 0.848. The van der Waals surface area contributed by atoms with Gasteiger partial charge in [-0.25, -0.2) is 14.4 Å². The second-order valence-electron chi connectivity index (χ2n) is 4.27. The van der Waals surface area contributed by atoms with Crippen LogP contribution < -0.4 is 10.6 Å². The predicted molar refractivity (Wildman–Crippen MR) is 71.0 cm³/mol. The van der Waals surface area contributed by atoms with Gasteiger partial charge < -0.3 is 10.6 Å². The van der Waals surface area contributed by atoms with Crippen molar-refractivity contribution in [2.45, 2.75) is 13.1 Å². The van der Waals surface area contributed by atoms with Crippen molar-refractivity contribution in [3.8, 4) is 0 Å². The summed E-state index contributed by atoms with van der Waals surface area (Å²) in [6, 6.07) is 5.62. The van der Waals surface area contributed by atoms with E-state index in [0.29, 0.717) is 5.56 Å². The number of benzene rings is 1. The Morgan fingerprint density at radius 2 is 1.76 bits per heavy atom. The van der Waals surface area contributed by atoms with E-state index in [4.69, 9.17) is 0 Å². The molecule has 112 valence electrons. The average molecular weight is 300 g/mol. The molecule has 0 aliphatic carbocycles. The summed E-state index contributed by atoms with van der Waals surface area (Å²) in [6.07, 6.45) is -4.69. The summed E-state index contributed by atoms with van der Waals surface area (Å²) in [4.78, 5) is 6.70. The summed E-state index contributed by atoms with van der Waals surface area (Å²) < 4.78 is 51.9. The van der Waals surface area contributed by atoms with E-state index in [1.807, 2.05) is 0 Å². The molecule has 0 aliphatic rings. The number of halogens is 4. The predicted octanol–water partition coefficient (Wildman–Crippen LogP) is 3.73. The normalized spacial score (nSPS) is 11.3. The van der Waals surface area contributed by atoms with Crippen LogP contribution in [-0.2, 0) is 6.18 Å². The fourth-order valence-corrected chi connectivity index (χ4v) is 1.68. The first-order chi connectivity index (χ1) is 9.81. The second kappa shape index (κ2) is 5.55. The lowest BCUT2D eigenvalue weighted by Crippen LogP contribution is -2.14.